The lowest BCUT2D eigenvalue weighted by Crippen LogP contribution is -2.00. The molecule has 0 aliphatic heterocycles. The van der Waals surface area contributed by atoms with Gasteiger partial charge < -0.3 is 15.6 Å². The summed E-state index contributed by atoms with van der Waals surface area (Å²) >= 11 is 6.04. The van der Waals surface area contributed by atoms with Gasteiger partial charge in [0.2, 0.25) is 5.82 Å². The summed E-state index contributed by atoms with van der Waals surface area (Å²) in [5.74, 6) is 0.300. The van der Waals surface area contributed by atoms with Crippen LogP contribution in [-0.4, -0.2) is 20.5 Å². The molecule has 0 aliphatic rings. The van der Waals surface area contributed by atoms with Crippen molar-refractivity contribution in [2.24, 2.45) is 0 Å². The minimum absolute atomic E-state index is 0.100. The van der Waals surface area contributed by atoms with Crippen molar-refractivity contribution in [2.75, 3.05) is 11.1 Å². The van der Waals surface area contributed by atoms with Gasteiger partial charge in [0.1, 0.15) is 0 Å². The Morgan fingerprint density at radius 1 is 1.20 bits per heavy atom. The second-order valence-corrected chi connectivity index (χ2v) is 4.27. The van der Waals surface area contributed by atoms with Crippen molar-refractivity contribution in [3.63, 3.8) is 0 Å². The summed E-state index contributed by atoms with van der Waals surface area (Å²) in [6, 6.07) is 7.68. The van der Waals surface area contributed by atoms with Gasteiger partial charge in [-0.15, -0.1) is 0 Å². The quantitative estimate of drug-likeness (QED) is 0.749. The Balaban J connectivity index is 1.72. The number of nitrogens with two attached hydrogens (primary N) is 1. The zero-order valence-electron chi connectivity index (χ0n) is 10.1. The predicted molar refractivity (Wildman–Crippen MR) is 70.8 cm³/mol. The lowest BCUT2D eigenvalue weighted by molar-refractivity contribution is 0.310. The first-order valence-corrected chi connectivity index (χ1v) is 6.01. The van der Waals surface area contributed by atoms with E-state index >= 15 is 0 Å². The number of hydrogen-bond donors (Lipinski definition) is 2. The van der Waals surface area contributed by atoms with E-state index in [0.717, 1.165) is 5.56 Å². The van der Waals surface area contributed by atoms with Gasteiger partial charge in [-0.3, -0.25) is 0 Å². The fraction of sp³-hybridized carbons (Fsp3) is 0.0909. The van der Waals surface area contributed by atoms with E-state index in [4.69, 9.17) is 21.9 Å². The van der Waals surface area contributed by atoms with Gasteiger partial charge >= 0.3 is 6.01 Å². The maximum absolute atomic E-state index is 6.04. The summed E-state index contributed by atoms with van der Waals surface area (Å²) in [5.41, 5.74) is 6.69. The van der Waals surface area contributed by atoms with Crippen LogP contribution in [0.3, 0.4) is 0 Å². The first kappa shape index (κ1) is 12.4. The van der Waals surface area contributed by atoms with Crippen LogP contribution in [0.2, 0.25) is 5.02 Å². The minimum atomic E-state index is 0.100. The van der Waals surface area contributed by atoms with Gasteiger partial charge in [0.05, 0.1) is 0 Å². The van der Waals surface area contributed by atoms with Gasteiger partial charge in [0.25, 0.3) is 0 Å². The SMILES string of the molecule is Nc1nonc1-c1noc(NCc2ccccc2Cl)n1. The molecule has 3 aromatic rings. The van der Waals surface area contributed by atoms with E-state index in [1.54, 1.807) is 6.07 Å². The van der Waals surface area contributed by atoms with E-state index < -0.39 is 0 Å². The molecule has 102 valence electrons. The molecule has 2 aromatic heterocycles. The third-order valence-corrected chi connectivity index (χ3v) is 2.91. The summed E-state index contributed by atoms with van der Waals surface area (Å²) in [4.78, 5) is 4.08. The van der Waals surface area contributed by atoms with E-state index in [-0.39, 0.29) is 23.4 Å². The lowest BCUT2D eigenvalue weighted by atomic mass is 10.2. The number of nitrogen functional groups attached to an aromatic ring is 1. The van der Waals surface area contributed by atoms with Crippen LogP contribution in [0.4, 0.5) is 11.8 Å². The van der Waals surface area contributed by atoms with Crippen molar-refractivity contribution in [3.05, 3.63) is 34.9 Å². The molecule has 0 spiro atoms. The highest BCUT2D eigenvalue weighted by molar-refractivity contribution is 6.31. The minimum Gasteiger partial charge on any atom is -0.379 e. The van der Waals surface area contributed by atoms with Gasteiger partial charge in [0, 0.05) is 11.6 Å². The standard InChI is InChI=1S/C11H9ClN6O2/c12-7-4-2-1-3-6(7)5-14-11-15-10(18-19-11)8-9(13)17-20-16-8/h1-4H,5H2,(H2,13,17)(H,14,15,18). The number of benzene rings is 1. The molecule has 1 aromatic carbocycles. The van der Waals surface area contributed by atoms with Crippen molar-refractivity contribution < 1.29 is 9.15 Å². The molecule has 0 radical (unpaired) electrons. The predicted octanol–water partition coefficient (Wildman–Crippen LogP) is 1.97. The molecule has 2 heterocycles. The molecule has 9 heteroatoms. The topological polar surface area (TPSA) is 116 Å². The van der Waals surface area contributed by atoms with Crippen molar-refractivity contribution >= 4 is 23.4 Å². The van der Waals surface area contributed by atoms with Gasteiger partial charge in [0.15, 0.2) is 11.5 Å². The molecule has 0 bridgehead atoms. The Morgan fingerprint density at radius 2 is 2.05 bits per heavy atom. The average Bonchev–Trinajstić information content (AvgIpc) is 3.06. The zero-order chi connectivity index (χ0) is 13.9. The molecule has 0 unspecified atom stereocenters. The molecule has 0 saturated carbocycles. The summed E-state index contributed by atoms with van der Waals surface area (Å²) < 4.78 is 9.49. The van der Waals surface area contributed by atoms with Crippen molar-refractivity contribution in [2.45, 2.75) is 6.54 Å². The molecule has 0 aliphatic carbocycles. The number of anilines is 2. The molecular formula is C11H9ClN6O2. The molecule has 0 fully saturated rings. The van der Waals surface area contributed by atoms with E-state index in [1.807, 2.05) is 18.2 Å². The van der Waals surface area contributed by atoms with Gasteiger partial charge in [-0.2, -0.15) is 4.98 Å². The lowest BCUT2D eigenvalue weighted by Gasteiger charge is -2.02. The van der Waals surface area contributed by atoms with Crippen LogP contribution in [0, 0.1) is 0 Å². The van der Waals surface area contributed by atoms with E-state index in [9.17, 15) is 0 Å². The largest absolute Gasteiger partial charge is 0.379 e. The van der Waals surface area contributed by atoms with Crippen molar-refractivity contribution in [1.82, 2.24) is 20.5 Å². The Bertz CT molecular complexity index is 725. The van der Waals surface area contributed by atoms with Gasteiger partial charge in [-0.1, -0.05) is 35.0 Å². The highest BCUT2D eigenvalue weighted by atomic mass is 35.5. The van der Waals surface area contributed by atoms with Gasteiger partial charge in [-0.05, 0) is 21.9 Å². The van der Waals surface area contributed by atoms with Crippen LogP contribution in [0.15, 0.2) is 33.4 Å². The van der Waals surface area contributed by atoms with E-state index in [0.29, 0.717) is 11.6 Å². The molecular weight excluding hydrogens is 284 g/mol. The number of halogens is 1. The Morgan fingerprint density at radius 3 is 2.80 bits per heavy atom. The number of rotatable bonds is 4. The zero-order valence-corrected chi connectivity index (χ0v) is 10.8. The summed E-state index contributed by atoms with van der Waals surface area (Å²) in [6.07, 6.45) is 0. The fourth-order valence-electron chi connectivity index (χ4n) is 1.55. The second-order valence-electron chi connectivity index (χ2n) is 3.87. The Kier molecular flexibility index (Phi) is 3.21. The smallest absolute Gasteiger partial charge is 0.322 e. The van der Waals surface area contributed by atoms with Crippen LogP contribution >= 0.6 is 11.6 Å². The van der Waals surface area contributed by atoms with Crippen molar-refractivity contribution in [3.8, 4) is 11.5 Å². The van der Waals surface area contributed by atoms with Crippen molar-refractivity contribution in [1.29, 1.82) is 0 Å². The Labute approximate surface area is 117 Å². The third kappa shape index (κ3) is 2.41. The number of hydrogen-bond acceptors (Lipinski definition) is 8. The molecule has 20 heavy (non-hydrogen) atoms. The van der Waals surface area contributed by atoms with Crippen LogP contribution < -0.4 is 11.1 Å². The third-order valence-electron chi connectivity index (χ3n) is 2.54. The van der Waals surface area contributed by atoms with Crippen LogP contribution in [0.5, 0.6) is 0 Å². The summed E-state index contributed by atoms with van der Waals surface area (Å²) in [5, 5.41) is 14.4. The highest BCUT2D eigenvalue weighted by Crippen LogP contribution is 2.21. The Hall–Kier alpha value is -2.61. The molecule has 8 nitrogen and oxygen atoms in total. The molecule has 0 saturated heterocycles. The normalized spacial score (nSPS) is 10.7. The monoisotopic (exact) mass is 292 g/mol. The first-order chi connectivity index (χ1) is 9.74. The number of nitrogens with zero attached hydrogens (tertiary/aromatic N) is 4. The van der Waals surface area contributed by atoms with E-state index in [1.165, 1.54) is 0 Å². The van der Waals surface area contributed by atoms with Gasteiger partial charge in [-0.25, -0.2) is 4.63 Å². The van der Waals surface area contributed by atoms with Crippen LogP contribution in [0.25, 0.3) is 11.5 Å². The fourth-order valence-corrected chi connectivity index (χ4v) is 1.76. The van der Waals surface area contributed by atoms with Crippen LogP contribution in [-0.2, 0) is 6.54 Å². The maximum atomic E-state index is 6.04. The molecule has 0 amide bonds. The average molecular weight is 293 g/mol. The summed E-state index contributed by atoms with van der Waals surface area (Å²) in [6.45, 7) is 0.452. The van der Waals surface area contributed by atoms with Crippen LogP contribution in [0.1, 0.15) is 5.56 Å². The number of nitrogens with one attached hydrogen (secondary N) is 1. The first-order valence-electron chi connectivity index (χ1n) is 5.63. The molecule has 0 atom stereocenters. The molecule has 3 rings (SSSR count). The highest BCUT2D eigenvalue weighted by Gasteiger charge is 2.16. The summed E-state index contributed by atoms with van der Waals surface area (Å²) in [7, 11) is 0. The van der Waals surface area contributed by atoms with E-state index in [2.05, 4.69) is 30.4 Å². The number of aromatic nitrogens is 4. The maximum Gasteiger partial charge on any atom is 0.322 e. The molecule has 3 N–H and O–H groups in total. The second kappa shape index (κ2) is 5.17.